The Kier molecular flexibility index (Phi) is 6.01. The standard InChI is InChI=1S/C29H32N2O4/c1-28(2,34)19-29(24-6-4-3-5-7-24)15-17-31(27(33)35-29)26(22-12-13-22)21-10-8-20(9-11-21)23-14-16-30-25(32)18-23/h3-11,14,16,18,22,26,34H,12-13,15,17,19H2,1-2H3,(H,30,32)/t26-,29-/m1/s1. The summed E-state index contributed by atoms with van der Waals surface area (Å²) in [4.78, 5) is 29.7. The van der Waals surface area contributed by atoms with Gasteiger partial charge in [0.1, 0.15) is 5.60 Å². The monoisotopic (exact) mass is 472 g/mol. The lowest BCUT2D eigenvalue weighted by molar-refractivity contribution is -0.103. The van der Waals surface area contributed by atoms with Crippen molar-refractivity contribution in [2.24, 2.45) is 5.92 Å². The second-order valence-electron chi connectivity index (χ2n) is 10.5. The minimum absolute atomic E-state index is 0.0494. The van der Waals surface area contributed by atoms with Crippen molar-refractivity contribution >= 4 is 6.09 Å². The summed E-state index contributed by atoms with van der Waals surface area (Å²) in [6, 6.07) is 21.3. The van der Waals surface area contributed by atoms with E-state index in [1.807, 2.05) is 53.4 Å². The van der Waals surface area contributed by atoms with Gasteiger partial charge in [0.15, 0.2) is 0 Å². The maximum Gasteiger partial charge on any atom is 0.411 e. The second-order valence-corrected chi connectivity index (χ2v) is 10.5. The van der Waals surface area contributed by atoms with E-state index < -0.39 is 11.2 Å². The number of pyridine rings is 1. The van der Waals surface area contributed by atoms with Gasteiger partial charge in [-0.25, -0.2) is 4.79 Å². The Balaban J connectivity index is 1.41. The summed E-state index contributed by atoms with van der Waals surface area (Å²) in [6.07, 6.45) is 4.42. The molecule has 3 aromatic rings. The molecule has 1 saturated heterocycles. The highest BCUT2D eigenvalue weighted by Crippen LogP contribution is 2.48. The molecule has 5 rings (SSSR count). The van der Waals surface area contributed by atoms with Crippen LogP contribution in [0.15, 0.2) is 77.7 Å². The van der Waals surface area contributed by atoms with Crippen LogP contribution in [-0.2, 0) is 10.3 Å². The van der Waals surface area contributed by atoms with Crippen molar-refractivity contribution in [3.63, 3.8) is 0 Å². The Morgan fingerprint density at radius 2 is 1.77 bits per heavy atom. The predicted molar refractivity (Wildman–Crippen MR) is 135 cm³/mol. The predicted octanol–water partition coefficient (Wildman–Crippen LogP) is 5.39. The summed E-state index contributed by atoms with van der Waals surface area (Å²) in [6.45, 7) is 4.07. The Labute approximate surface area is 205 Å². The molecule has 1 aliphatic carbocycles. The summed E-state index contributed by atoms with van der Waals surface area (Å²) < 4.78 is 6.22. The molecule has 2 aromatic carbocycles. The number of carbonyl (C=O) groups is 1. The summed E-state index contributed by atoms with van der Waals surface area (Å²) in [7, 11) is 0. The quantitative estimate of drug-likeness (QED) is 0.483. The fraction of sp³-hybridized carbons (Fsp3) is 0.379. The van der Waals surface area contributed by atoms with E-state index in [-0.39, 0.29) is 17.7 Å². The van der Waals surface area contributed by atoms with Gasteiger partial charge in [0.25, 0.3) is 0 Å². The number of ether oxygens (including phenoxy) is 1. The number of aromatic amines is 1. The lowest BCUT2D eigenvalue weighted by Crippen LogP contribution is -2.51. The van der Waals surface area contributed by atoms with E-state index in [4.69, 9.17) is 4.74 Å². The number of nitrogens with zero attached hydrogens (tertiary/aromatic N) is 1. The number of hydrogen-bond acceptors (Lipinski definition) is 4. The average molecular weight is 473 g/mol. The van der Waals surface area contributed by atoms with E-state index in [1.165, 1.54) is 0 Å². The first kappa shape index (κ1) is 23.4. The molecule has 2 heterocycles. The van der Waals surface area contributed by atoms with Gasteiger partial charge in [0, 0.05) is 31.6 Å². The summed E-state index contributed by atoms with van der Waals surface area (Å²) in [5.41, 5.74) is 1.84. The van der Waals surface area contributed by atoms with Crippen molar-refractivity contribution in [1.29, 1.82) is 0 Å². The molecule has 2 fully saturated rings. The number of cyclic esters (lactones) is 1. The number of amides is 1. The Morgan fingerprint density at radius 3 is 2.37 bits per heavy atom. The molecule has 0 radical (unpaired) electrons. The minimum atomic E-state index is -0.983. The fourth-order valence-electron chi connectivity index (χ4n) is 5.41. The van der Waals surface area contributed by atoms with Crippen LogP contribution in [0.25, 0.3) is 11.1 Å². The molecule has 6 heteroatoms. The highest BCUT2D eigenvalue weighted by Gasteiger charge is 2.49. The van der Waals surface area contributed by atoms with Gasteiger partial charge in [-0.15, -0.1) is 0 Å². The zero-order valence-electron chi connectivity index (χ0n) is 20.2. The zero-order chi connectivity index (χ0) is 24.6. The van der Waals surface area contributed by atoms with Gasteiger partial charge in [0.05, 0.1) is 11.6 Å². The molecule has 0 spiro atoms. The van der Waals surface area contributed by atoms with Crippen molar-refractivity contribution < 1.29 is 14.6 Å². The molecule has 0 bridgehead atoms. The van der Waals surface area contributed by atoms with E-state index in [9.17, 15) is 14.7 Å². The van der Waals surface area contributed by atoms with Crippen molar-refractivity contribution in [2.45, 2.75) is 56.8 Å². The zero-order valence-corrected chi connectivity index (χ0v) is 20.2. The van der Waals surface area contributed by atoms with E-state index in [1.54, 1.807) is 26.1 Å². The number of H-pyrrole nitrogens is 1. The number of benzene rings is 2. The number of hydrogen-bond donors (Lipinski definition) is 2. The van der Waals surface area contributed by atoms with E-state index in [2.05, 4.69) is 17.1 Å². The lowest BCUT2D eigenvalue weighted by Gasteiger charge is -2.46. The Bertz CT molecular complexity index is 1240. The largest absolute Gasteiger partial charge is 0.438 e. The summed E-state index contributed by atoms with van der Waals surface area (Å²) in [5.74, 6) is 0.409. The van der Waals surface area contributed by atoms with Crippen LogP contribution in [-0.4, -0.2) is 33.2 Å². The molecule has 2 atom stereocenters. The summed E-state index contributed by atoms with van der Waals surface area (Å²) in [5, 5.41) is 10.6. The van der Waals surface area contributed by atoms with Crippen molar-refractivity contribution in [3.05, 3.63) is 94.4 Å². The topological polar surface area (TPSA) is 82.6 Å². The SMILES string of the molecule is CC(C)(O)C[C@@]1(c2ccccc2)CCN([C@H](c2ccc(-c3cc[nH]c(=O)c3)cc2)C2CC2)C(=O)O1. The third kappa shape index (κ3) is 5.03. The van der Waals surface area contributed by atoms with Gasteiger partial charge < -0.3 is 19.7 Å². The third-order valence-electron chi connectivity index (χ3n) is 7.06. The van der Waals surface area contributed by atoms with Gasteiger partial charge in [-0.1, -0.05) is 54.6 Å². The highest BCUT2D eigenvalue weighted by atomic mass is 16.6. The Hall–Kier alpha value is -3.38. The van der Waals surface area contributed by atoms with E-state index in [0.717, 1.165) is 35.1 Å². The lowest BCUT2D eigenvalue weighted by atomic mass is 9.80. The van der Waals surface area contributed by atoms with Crippen molar-refractivity contribution in [1.82, 2.24) is 9.88 Å². The van der Waals surface area contributed by atoms with Crippen LogP contribution in [0.5, 0.6) is 0 Å². The molecular formula is C29H32N2O4. The van der Waals surface area contributed by atoms with Crippen molar-refractivity contribution in [2.75, 3.05) is 6.54 Å². The normalized spacial score (nSPS) is 21.5. The molecule has 182 valence electrons. The molecule has 2 N–H and O–H groups in total. The molecule has 1 saturated carbocycles. The first-order chi connectivity index (χ1) is 16.7. The van der Waals surface area contributed by atoms with Gasteiger partial charge >= 0.3 is 6.09 Å². The molecule has 0 unspecified atom stereocenters. The van der Waals surface area contributed by atoms with E-state index in [0.29, 0.717) is 25.3 Å². The molecule has 1 amide bonds. The average Bonchev–Trinajstić information content (AvgIpc) is 3.66. The van der Waals surface area contributed by atoms with Crippen LogP contribution in [0.2, 0.25) is 0 Å². The van der Waals surface area contributed by atoms with Crippen LogP contribution >= 0.6 is 0 Å². The smallest absolute Gasteiger partial charge is 0.411 e. The number of carbonyl (C=O) groups excluding carboxylic acids is 1. The first-order valence-corrected chi connectivity index (χ1v) is 12.3. The van der Waals surface area contributed by atoms with Gasteiger partial charge in [-0.3, -0.25) is 4.79 Å². The van der Waals surface area contributed by atoms with Gasteiger partial charge in [-0.2, -0.15) is 0 Å². The number of aromatic nitrogens is 1. The maximum absolute atomic E-state index is 13.5. The minimum Gasteiger partial charge on any atom is -0.438 e. The van der Waals surface area contributed by atoms with Crippen LogP contribution in [0, 0.1) is 5.92 Å². The van der Waals surface area contributed by atoms with Crippen molar-refractivity contribution in [3.8, 4) is 11.1 Å². The Morgan fingerprint density at radius 1 is 1.06 bits per heavy atom. The molecule has 6 nitrogen and oxygen atoms in total. The van der Waals surface area contributed by atoms with Gasteiger partial charge in [0.2, 0.25) is 5.56 Å². The molecule has 1 aromatic heterocycles. The summed E-state index contributed by atoms with van der Waals surface area (Å²) >= 11 is 0. The second kappa shape index (κ2) is 9.00. The van der Waals surface area contributed by atoms with E-state index >= 15 is 0 Å². The fourth-order valence-corrected chi connectivity index (χ4v) is 5.41. The van der Waals surface area contributed by atoms with Crippen LogP contribution in [0.1, 0.15) is 56.7 Å². The number of rotatable bonds is 7. The highest BCUT2D eigenvalue weighted by molar-refractivity contribution is 5.71. The molecular weight excluding hydrogens is 440 g/mol. The maximum atomic E-state index is 13.5. The molecule has 1 aliphatic heterocycles. The number of aliphatic hydroxyl groups is 1. The molecule has 35 heavy (non-hydrogen) atoms. The van der Waals surface area contributed by atoms with Crippen LogP contribution in [0.4, 0.5) is 4.79 Å². The first-order valence-electron chi connectivity index (χ1n) is 12.3. The van der Waals surface area contributed by atoms with Crippen LogP contribution in [0.3, 0.4) is 0 Å². The third-order valence-corrected chi connectivity index (χ3v) is 7.06. The van der Waals surface area contributed by atoms with Crippen LogP contribution < -0.4 is 5.56 Å². The van der Waals surface area contributed by atoms with Gasteiger partial charge in [-0.05, 0) is 60.9 Å². The number of nitrogens with one attached hydrogen (secondary N) is 1. The molecule has 2 aliphatic rings.